The molecular formula is C24H26N6O2S. The van der Waals surface area contributed by atoms with Crippen molar-refractivity contribution < 1.29 is 9.59 Å². The Morgan fingerprint density at radius 3 is 2.52 bits per heavy atom. The van der Waals surface area contributed by atoms with Crippen molar-refractivity contribution in [2.75, 3.05) is 5.73 Å². The number of amides is 2. The van der Waals surface area contributed by atoms with E-state index in [2.05, 4.69) is 20.7 Å². The van der Waals surface area contributed by atoms with E-state index in [0.717, 1.165) is 23.1 Å². The topological polar surface area (TPSA) is 114 Å². The van der Waals surface area contributed by atoms with E-state index in [0.29, 0.717) is 16.2 Å². The SMILES string of the molecule is CC[C@H](NC(=O)c1cc(-c2cc(C(=O)NC(C)C)n3nc(N)nc3c2)cs1)c1ccccc1. The minimum Gasteiger partial charge on any atom is -0.366 e. The fourth-order valence-corrected chi connectivity index (χ4v) is 4.43. The summed E-state index contributed by atoms with van der Waals surface area (Å²) in [6.45, 7) is 5.82. The number of nitrogen functional groups attached to an aromatic ring is 1. The number of aromatic nitrogens is 3. The van der Waals surface area contributed by atoms with Gasteiger partial charge in [0.2, 0.25) is 5.95 Å². The van der Waals surface area contributed by atoms with Crippen molar-refractivity contribution in [1.82, 2.24) is 25.2 Å². The van der Waals surface area contributed by atoms with Gasteiger partial charge in [0.05, 0.1) is 10.9 Å². The third-order valence-corrected chi connectivity index (χ3v) is 6.11. The molecule has 8 nitrogen and oxygen atoms in total. The average Bonchev–Trinajstić information content (AvgIpc) is 3.43. The van der Waals surface area contributed by atoms with Crippen molar-refractivity contribution in [1.29, 1.82) is 0 Å². The molecule has 0 bridgehead atoms. The molecule has 0 fully saturated rings. The van der Waals surface area contributed by atoms with Crippen LogP contribution in [0.1, 0.15) is 59.0 Å². The molecule has 4 aromatic rings. The van der Waals surface area contributed by atoms with Crippen LogP contribution in [0.2, 0.25) is 0 Å². The first-order valence-electron chi connectivity index (χ1n) is 10.8. The first kappa shape index (κ1) is 22.5. The number of benzene rings is 1. The number of rotatable bonds is 7. The molecule has 3 aromatic heterocycles. The minimum absolute atomic E-state index is 0.0374. The third-order valence-electron chi connectivity index (χ3n) is 5.18. The lowest BCUT2D eigenvalue weighted by Gasteiger charge is -2.16. The largest absolute Gasteiger partial charge is 0.366 e. The highest BCUT2D eigenvalue weighted by atomic mass is 32.1. The summed E-state index contributed by atoms with van der Waals surface area (Å²) >= 11 is 1.36. The van der Waals surface area contributed by atoms with Gasteiger partial charge in [-0.15, -0.1) is 16.4 Å². The number of hydrogen-bond acceptors (Lipinski definition) is 6. The maximum Gasteiger partial charge on any atom is 0.270 e. The van der Waals surface area contributed by atoms with E-state index < -0.39 is 0 Å². The van der Waals surface area contributed by atoms with Gasteiger partial charge in [-0.1, -0.05) is 37.3 Å². The summed E-state index contributed by atoms with van der Waals surface area (Å²) in [6, 6.07) is 15.2. The molecule has 1 atom stereocenters. The number of carbonyl (C=O) groups excluding carboxylic acids is 2. The van der Waals surface area contributed by atoms with Gasteiger partial charge >= 0.3 is 0 Å². The summed E-state index contributed by atoms with van der Waals surface area (Å²) in [6.07, 6.45) is 0.785. The van der Waals surface area contributed by atoms with Gasteiger partial charge in [-0.25, -0.2) is 4.52 Å². The molecule has 0 radical (unpaired) electrons. The number of thiophene rings is 1. The van der Waals surface area contributed by atoms with Crippen LogP contribution < -0.4 is 16.4 Å². The first-order chi connectivity index (χ1) is 15.9. The number of hydrogen-bond donors (Lipinski definition) is 3. The van der Waals surface area contributed by atoms with Crippen LogP contribution in [0.3, 0.4) is 0 Å². The highest BCUT2D eigenvalue weighted by molar-refractivity contribution is 7.12. The highest BCUT2D eigenvalue weighted by Crippen LogP contribution is 2.28. The minimum atomic E-state index is -0.274. The molecule has 33 heavy (non-hydrogen) atoms. The smallest absolute Gasteiger partial charge is 0.270 e. The average molecular weight is 463 g/mol. The lowest BCUT2D eigenvalue weighted by molar-refractivity contribution is 0.0929. The number of nitrogens with one attached hydrogen (secondary N) is 2. The molecule has 9 heteroatoms. The molecule has 4 rings (SSSR count). The number of nitrogens with zero attached hydrogens (tertiary/aromatic N) is 3. The monoisotopic (exact) mass is 462 g/mol. The van der Waals surface area contributed by atoms with Crippen LogP contribution in [-0.4, -0.2) is 32.5 Å². The zero-order valence-electron chi connectivity index (χ0n) is 18.7. The molecule has 1 aromatic carbocycles. The fourth-order valence-electron chi connectivity index (χ4n) is 3.61. The van der Waals surface area contributed by atoms with Crippen LogP contribution in [-0.2, 0) is 0 Å². The molecule has 0 aliphatic carbocycles. The maximum absolute atomic E-state index is 12.9. The number of anilines is 1. The summed E-state index contributed by atoms with van der Waals surface area (Å²) in [5, 5.41) is 12.0. The van der Waals surface area contributed by atoms with Gasteiger partial charge in [-0.05, 0) is 60.5 Å². The number of nitrogens with two attached hydrogens (primary N) is 1. The van der Waals surface area contributed by atoms with E-state index in [1.807, 2.05) is 62.5 Å². The Hall–Kier alpha value is -3.72. The normalized spacial score (nSPS) is 12.1. The zero-order chi connectivity index (χ0) is 23.5. The van der Waals surface area contributed by atoms with Crippen LogP contribution in [0, 0.1) is 0 Å². The Balaban J connectivity index is 1.63. The molecular weight excluding hydrogens is 436 g/mol. The van der Waals surface area contributed by atoms with Gasteiger partial charge < -0.3 is 16.4 Å². The molecule has 0 aliphatic heterocycles. The molecule has 2 amide bonds. The zero-order valence-corrected chi connectivity index (χ0v) is 19.5. The van der Waals surface area contributed by atoms with Crippen molar-refractivity contribution in [3.05, 3.63) is 70.0 Å². The molecule has 4 N–H and O–H groups in total. The van der Waals surface area contributed by atoms with Crippen LogP contribution in [0.5, 0.6) is 0 Å². The van der Waals surface area contributed by atoms with Gasteiger partial charge in [0, 0.05) is 6.04 Å². The fraction of sp³-hybridized carbons (Fsp3) is 0.250. The van der Waals surface area contributed by atoms with Gasteiger partial charge in [0.25, 0.3) is 11.8 Å². The summed E-state index contributed by atoms with van der Waals surface area (Å²) in [7, 11) is 0. The van der Waals surface area contributed by atoms with E-state index in [4.69, 9.17) is 5.73 Å². The van der Waals surface area contributed by atoms with Crippen molar-refractivity contribution in [3.63, 3.8) is 0 Å². The lowest BCUT2D eigenvalue weighted by atomic mass is 10.0. The van der Waals surface area contributed by atoms with E-state index >= 15 is 0 Å². The van der Waals surface area contributed by atoms with E-state index in [9.17, 15) is 9.59 Å². The van der Waals surface area contributed by atoms with E-state index in [-0.39, 0.29) is 29.8 Å². The first-order valence-corrected chi connectivity index (χ1v) is 11.7. The van der Waals surface area contributed by atoms with Crippen LogP contribution in [0.15, 0.2) is 53.9 Å². The van der Waals surface area contributed by atoms with Crippen LogP contribution in [0.4, 0.5) is 5.95 Å². The Labute approximate surface area is 195 Å². The number of fused-ring (bicyclic) bond motifs is 1. The second-order valence-corrected chi connectivity index (χ2v) is 8.95. The van der Waals surface area contributed by atoms with Crippen molar-refractivity contribution >= 4 is 34.7 Å². The summed E-state index contributed by atoms with van der Waals surface area (Å²) < 4.78 is 1.43. The van der Waals surface area contributed by atoms with Gasteiger partial charge in [-0.2, -0.15) is 4.98 Å². The van der Waals surface area contributed by atoms with Crippen LogP contribution in [0.25, 0.3) is 16.8 Å². The van der Waals surface area contributed by atoms with E-state index in [1.165, 1.54) is 15.9 Å². The summed E-state index contributed by atoms with van der Waals surface area (Å²) in [5.74, 6) is -0.321. The molecule has 0 spiro atoms. The van der Waals surface area contributed by atoms with Crippen LogP contribution >= 0.6 is 11.3 Å². The quantitative estimate of drug-likeness (QED) is 0.383. The maximum atomic E-state index is 12.9. The Bertz CT molecular complexity index is 1300. The van der Waals surface area contributed by atoms with Gasteiger partial charge in [-0.3, -0.25) is 9.59 Å². The number of pyridine rings is 1. The lowest BCUT2D eigenvalue weighted by Crippen LogP contribution is -2.31. The summed E-state index contributed by atoms with van der Waals surface area (Å²) in [4.78, 5) is 30.5. The highest BCUT2D eigenvalue weighted by Gasteiger charge is 2.19. The standard InChI is InChI=1S/C24H26N6O2S/c1-4-18(15-8-6-5-7-9-15)27-23(32)20-11-17(13-33-20)16-10-19(22(31)26-14(2)3)30-21(12-16)28-24(25)29-30/h5-14,18H,4H2,1-3H3,(H2,25,29)(H,26,31)(H,27,32)/t18-/m0/s1. The van der Waals surface area contributed by atoms with Gasteiger partial charge in [0.1, 0.15) is 5.69 Å². The molecule has 0 saturated carbocycles. The summed E-state index contributed by atoms with van der Waals surface area (Å²) in [5.41, 5.74) is 9.21. The molecule has 170 valence electrons. The Morgan fingerprint density at radius 2 is 1.82 bits per heavy atom. The van der Waals surface area contributed by atoms with Gasteiger partial charge in [0.15, 0.2) is 5.65 Å². The third kappa shape index (κ3) is 4.88. The van der Waals surface area contributed by atoms with E-state index in [1.54, 1.807) is 12.1 Å². The predicted octanol–water partition coefficient (Wildman–Crippen LogP) is 4.06. The van der Waals surface area contributed by atoms with Crippen molar-refractivity contribution in [3.8, 4) is 11.1 Å². The molecule has 0 saturated heterocycles. The molecule has 3 heterocycles. The Kier molecular flexibility index (Phi) is 6.41. The second-order valence-electron chi connectivity index (χ2n) is 8.04. The van der Waals surface area contributed by atoms with Crippen molar-refractivity contribution in [2.45, 2.75) is 39.3 Å². The second kappa shape index (κ2) is 9.41. The Morgan fingerprint density at radius 1 is 1.06 bits per heavy atom. The molecule has 0 aliphatic rings. The predicted molar refractivity (Wildman–Crippen MR) is 130 cm³/mol. The molecule has 0 unspecified atom stereocenters. The number of carbonyl (C=O) groups is 2. The van der Waals surface area contributed by atoms with Crippen molar-refractivity contribution in [2.24, 2.45) is 0 Å².